The van der Waals surface area contributed by atoms with E-state index >= 15 is 0 Å². The summed E-state index contributed by atoms with van der Waals surface area (Å²) in [5.41, 5.74) is 0. The number of hydrogen-bond acceptors (Lipinski definition) is 2. The van der Waals surface area contributed by atoms with E-state index in [-0.39, 0.29) is 0 Å². The fourth-order valence-corrected chi connectivity index (χ4v) is 4.24. The van der Waals surface area contributed by atoms with Crippen LogP contribution in [0, 0.1) is 17.8 Å². The van der Waals surface area contributed by atoms with E-state index in [2.05, 4.69) is 45.0 Å². The minimum absolute atomic E-state index is 0.699. The first-order chi connectivity index (χ1) is 9.04. The lowest BCUT2D eigenvalue weighted by Gasteiger charge is -2.47. The summed E-state index contributed by atoms with van der Waals surface area (Å²) in [5.74, 6) is 2.68. The first kappa shape index (κ1) is 15.3. The second-order valence-corrected chi connectivity index (χ2v) is 7.35. The van der Waals surface area contributed by atoms with Crippen molar-refractivity contribution in [1.82, 2.24) is 10.2 Å². The molecule has 0 radical (unpaired) electrons. The minimum atomic E-state index is 0.699. The smallest absolute Gasteiger partial charge is 0.0274 e. The Kier molecular flexibility index (Phi) is 5.30. The van der Waals surface area contributed by atoms with Gasteiger partial charge in [0.05, 0.1) is 0 Å². The molecule has 2 aliphatic carbocycles. The molecule has 2 heteroatoms. The van der Waals surface area contributed by atoms with E-state index in [1.54, 1.807) is 0 Å². The van der Waals surface area contributed by atoms with Crippen molar-refractivity contribution in [2.75, 3.05) is 13.6 Å². The third-order valence-corrected chi connectivity index (χ3v) is 5.50. The second kappa shape index (κ2) is 6.58. The molecule has 0 aromatic carbocycles. The van der Waals surface area contributed by atoms with Gasteiger partial charge in [-0.05, 0) is 70.4 Å². The van der Waals surface area contributed by atoms with E-state index in [1.165, 1.54) is 38.6 Å². The zero-order valence-electron chi connectivity index (χ0n) is 13.7. The van der Waals surface area contributed by atoms with Crippen molar-refractivity contribution in [3.8, 4) is 0 Å². The lowest BCUT2D eigenvalue weighted by molar-refractivity contribution is 0.0490. The Morgan fingerprint density at radius 1 is 1.21 bits per heavy atom. The minimum Gasteiger partial charge on any atom is -0.312 e. The number of nitrogens with zero attached hydrogens (tertiary/aromatic N) is 1. The van der Waals surface area contributed by atoms with Crippen LogP contribution in [0.25, 0.3) is 0 Å². The molecule has 5 atom stereocenters. The van der Waals surface area contributed by atoms with Gasteiger partial charge in [-0.1, -0.05) is 20.8 Å². The van der Waals surface area contributed by atoms with E-state index in [4.69, 9.17) is 0 Å². The first-order valence-corrected chi connectivity index (χ1v) is 8.49. The SMILES string of the molecule is CCCNC1CC(C)CC(C)C1N(C)C(C)C1CC1. The van der Waals surface area contributed by atoms with Crippen molar-refractivity contribution in [2.45, 2.75) is 77.9 Å². The predicted molar refractivity (Wildman–Crippen MR) is 83.4 cm³/mol. The molecule has 0 heterocycles. The third-order valence-electron chi connectivity index (χ3n) is 5.50. The Hall–Kier alpha value is -0.0800. The Labute approximate surface area is 120 Å². The van der Waals surface area contributed by atoms with Crippen molar-refractivity contribution < 1.29 is 0 Å². The van der Waals surface area contributed by atoms with E-state index in [0.717, 1.165) is 29.8 Å². The summed E-state index contributed by atoms with van der Waals surface area (Å²) >= 11 is 0. The summed E-state index contributed by atoms with van der Waals surface area (Å²) in [6.07, 6.45) is 6.91. The van der Waals surface area contributed by atoms with Crippen LogP contribution in [-0.4, -0.2) is 36.6 Å². The Morgan fingerprint density at radius 2 is 1.89 bits per heavy atom. The predicted octanol–water partition coefficient (Wildman–Crippen LogP) is 3.52. The molecule has 1 N–H and O–H groups in total. The number of nitrogens with one attached hydrogen (secondary N) is 1. The van der Waals surface area contributed by atoms with Crippen LogP contribution in [0.15, 0.2) is 0 Å². The van der Waals surface area contributed by atoms with Gasteiger partial charge in [-0.3, -0.25) is 4.90 Å². The molecule has 0 aromatic rings. The molecule has 0 saturated heterocycles. The highest BCUT2D eigenvalue weighted by atomic mass is 15.2. The highest BCUT2D eigenvalue weighted by molar-refractivity contribution is 4.96. The molecule has 0 aliphatic heterocycles. The summed E-state index contributed by atoms with van der Waals surface area (Å²) < 4.78 is 0. The number of likely N-dealkylation sites (N-methyl/N-ethyl adjacent to an activating group) is 1. The van der Waals surface area contributed by atoms with Gasteiger partial charge in [0.25, 0.3) is 0 Å². The van der Waals surface area contributed by atoms with Crippen LogP contribution in [0.3, 0.4) is 0 Å². The van der Waals surface area contributed by atoms with Crippen LogP contribution in [0.4, 0.5) is 0 Å². The van der Waals surface area contributed by atoms with Gasteiger partial charge in [-0.15, -0.1) is 0 Å². The average molecular weight is 266 g/mol. The molecule has 0 spiro atoms. The normalized spacial score (nSPS) is 37.6. The zero-order valence-corrected chi connectivity index (χ0v) is 13.7. The maximum absolute atomic E-state index is 3.84. The molecular formula is C17H34N2. The highest BCUT2D eigenvalue weighted by Crippen LogP contribution is 2.39. The topological polar surface area (TPSA) is 15.3 Å². The van der Waals surface area contributed by atoms with E-state index in [1.807, 2.05) is 0 Å². The molecule has 0 bridgehead atoms. The Bertz CT molecular complexity index is 274. The van der Waals surface area contributed by atoms with E-state index in [0.29, 0.717) is 6.04 Å². The molecular weight excluding hydrogens is 232 g/mol. The Morgan fingerprint density at radius 3 is 2.47 bits per heavy atom. The van der Waals surface area contributed by atoms with Crippen LogP contribution < -0.4 is 5.32 Å². The van der Waals surface area contributed by atoms with Crippen LogP contribution in [0.2, 0.25) is 0 Å². The largest absolute Gasteiger partial charge is 0.312 e. The third kappa shape index (κ3) is 3.72. The van der Waals surface area contributed by atoms with Crippen molar-refractivity contribution in [1.29, 1.82) is 0 Å². The summed E-state index contributed by atoms with van der Waals surface area (Å²) in [5, 5.41) is 3.84. The average Bonchev–Trinajstić information content (AvgIpc) is 3.18. The maximum Gasteiger partial charge on any atom is 0.0274 e. The molecule has 5 unspecified atom stereocenters. The fraction of sp³-hybridized carbons (Fsp3) is 1.00. The van der Waals surface area contributed by atoms with Crippen molar-refractivity contribution >= 4 is 0 Å². The van der Waals surface area contributed by atoms with Gasteiger partial charge in [-0.2, -0.15) is 0 Å². The van der Waals surface area contributed by atoms with Gasteiger partial charge < -0.3 is 5.32 Å². The van der Waals surface area contributed by atoms with Crippen molar-refractivity contribution in [3.05, 3.63) is 0 Å². The molecule has 0 aromatic heterocycles. The van der Waals surface area contributed by atoms with E-state index < -0.39 is 0 Å². The van der Waals surface area contributed by atoms with Crippen molar-refractivity contribution in [3.63, 3.8) is 0 Å². The monoisotopic (exact) mass is 266 g/mol. The van der Waals surface area contributed by atoms with E-state index in [9.17, 15) is 0 Å². The summed E-state index contributed by atoms with van der Waals surface area (Å²) in [6, 6.07) is 2.20. The van der Waals surface area contributed by atoms with Gasteiger partial charge in [-0.25, -0.2) is 0 Å². The summed E-state index contributed by atoms with van der Waals surface area (Å²) in [7, 11) is 2.38. The van der Waals surface area contributed by atoms with Gasteiger partial charge in [0.1, 0.15) is 0 Å². The molecule has 19 heavy (non-hydrogen) atoms. The molecule has 112 valence electrons. The molecule has 2 rings (SSSR count). The van der Waals surface area contributed by atoms with Crippen LogP contribution in [0.5, 0.6) is 0 Å². The van der Waals surface area contributed by atoms with Gasteiger partial charge >= 0.3 is 0 Å². The highest BCUT2D eigenvalue weighted by Gasteiger charge is 2.40. The van der Waals surface area contributed by atoms with Gasteiger partial charge in [0.15, 0.2) is 0 Å². The van der Waals surface area contributed by atoms with Crippen LogP contribution in [0.1, 0.15) is 59.8 Å². The molecule has 2 nitrogen and oxygen atoms in total. The maximum atomic E-state index is 3.84. The number of rotatable bonds is 6. The quantitative estimate of drug-likeness (QED) is 0.791. The van der Waals surface area contributed by atoms with Gasteiger partial charge in [0, 0.05) is 18.1 Å². The lowest BCUT2D eigenvalue weighted by Crippen LogP contribution is -2.57. The zero-order chi connectivity index (χ0) is 14.0. The Balaban J connectivity index is 2.02. The molecule has 2 aliphatic rings. The number of hydrogen-bond donors (Lipinski definition) is 1. The lowest BCUT2D eigenvalue weighted by atomic mass is 9.75. The van der Waals surface area contributed by atoms with Crippen LogP contribution in [-0.2, 0) is 0 Å². The standard InChI is InChI=1S/C17H34N2/c1-6-9-18-16-11-12(2)10-13(3)17(16)19(5)14(4)15-7-8-15/h12-18H,6-11H2,1-5H3. The fourth-order valence-electron chi connectivity index (χ4n) is 4.24. The molecule has 0 amide bonds. The summed E-state index contributed by atoms with van der Waals surface area (Å²) in [6.45, 7) is 10.8. The second-order valence-electron chi connectivity index (χ2n) is 7.35. The first-order valence-electron chi connectivity index (χ1n) is 8.49. The van der Waals surface area contributed by atoms with Crippen molar-refractivity contribution in [2.24, 2.45) is 17.8 Å². The molecule has 2 fully saturated rings. The molecule has 2 saturated carbocycles. The van der Waals surface area contributed by atoms with Gasteiger partial charge in [0.2, 0.25) is 0 Å². The van der Waals surface area contributed by atoms with Crippen LogP contribution >= 0.6 is 0 Å². The summed E-state index contributed by atoms with van der Waals surface area (Å²) in [4.78, 5) is 2.71.